The first-order valence-electron chi connectivity index (χ1n) is 7.10. The van der Waals surface area contributed by atoms with Gasteiger partial charge in [-0.15, -0.1) is 0 Å². The van der Waals surface area contributed by atoms with Crippen LogP contribution in [0.15, 0.2) is 0 Å². The highest BCUT2D eigenvalue weighted by molar-refractivity contribution is 9.09. The van der Waals surface area contributed by atoms with Crippen molar-refractivity contribution in [2.75, 3.05) is 18.4 Å². The largest absolute Gasteiger partial charge is 0.300 e. The summed E-state index contributed by atoms with van der Waals surface area (Å²) in [5.74, 6) is 0. The highest BCUT2D eigenvalue weighted by atomic mass is 79.9. The summed E-state index contributed by atoms with van der Waals surface area (Å²) in [7, 11) is 0. The van der Waals surface area contributed by atoms with Gasteiger partial charge in [-0.25, -0.2) is 0 Å². The molecule has 1 nitrogen and oxygen atoms in total. The van der Waals surface area contributed by atoms with Gasteiger partial charge in [0.15, 0.2) is 0 Å². The van der Waals surface area contributed by atoms with Crippen molar-refractivity contribution in [3.8, 4) is 0 Å². The molecule has 0 heterocycles. The van der Waals surface area contributed by atoms with E-state index in [9.17, 15) is 0 Å². The van der Waals surface area contributed by atoms with E-state index in [0.717, 1.165) is 6.04 Å². The molecule has 0 atom stereocenters. The lowest BCUT2D eigenvalue weighted by atomic mass is 9.87. The molecule has 0 radical (unpaired) electrons. The summed E-state index contributed by atoms with van der Waals surface area (Å²) in [4.78, 5) is 2.78. The predicted molar refractivity (Wildman–Crippen MR) is 74.2 cm³/mol. The highest BCUT2D eigenvalue weighted by Crippen LogP contribution is 2.41. The quantitative estimate of drug-likeness (QED) is 0.685. The molecule has 0 aromatic carbocycles. The number of hydrogen-bond donors (Lipinski definition) is 0. The fourth-order valence-electron chi connectivity index (χ4n) is 3.66. The third-order valence-electron chi connectivity index (χ3n) is 4.73. The summed E-state index contributed by atoms with van der Waals surface area (Å²) in [5, 5.41) is 1.21. The van der Waals surface area contributed by atoms with Gasteiger partial charge in [-0.1, -0.05) is 48.5 Å². The SMILES string of the molecule is CCN(CC1(CBr)CCCC1)C1CCCC1. The van der Waals surface area contributed by atoms with Gasteiger partial charge in [-0.2, -0.15) is 0 Å². The van der Waals surface area contributed by atoms with Crippen LogP contribution in [0.25, 0.3) is 0 Å². The first kappa shape index (κ1) is 12.9. The van der Waals surface area contributed by atoms with E-state index in [1.165, 1.54) is 69.8 Å². The van der Waals surface area contributed by atoms with Crippen LogP contribution in [0.5, 0.6) is 0 Å². The van der Waals surface area contributed by atoms with E-state index in [4.69, 9.17) is 0 Å². The average molecular weight is 288 g/mol. The molecule has 0 aliphatic heterocycles. The lowest BCUT2D eigenvalue weighted by Crippen LogP contribution is -2.42. The normalized spacial score (nSPS) is 25.7. The van der Waals surface area contributed by atoms with Gasteiger partial charge in [-0.05, 0) is 37.6 Å². The van der Waals surface area contributed by atoms with Crippen LogP contribution in [0.3, 0.4) is 0 Å². The molecular formula is C14H26BrN. The van der Waals surface area contributed by atoms with E-state index < -0.39 is 0 Å². The Morgan fingerprint density at radius 3 is 2.25 bits per heavy atom. The molecule has 16 heavy (non-hydrogen) atoms. The topological polar surface area (TPSA) is 3.24 Å². The maximum Gasteiger partial charge on any atom is 0.0100 e. The number of alkyl halides is 1. The molecule has 2 heteroatoms. The van der Waals surface area contributed by atoms with Crippen molar-refractivity contribution in [1.29, 1.82) is 0 Å². The Bertz CT molecular complexity index is 205. The lowest BCUT2D eigenvalue weighted by Gasteiger charge is -2.37. The van der Waals surface area contributed by atoms with E-state index in [0.29, 0.717) is 5.41 Å². The number of nitrogens with zero attached hydrogens (tertiary/aromatic N) is 1. The lowest BCUT2D eigenvalue weighted by molar-refractivity contribution is 0.132. The van der Waals surface area contributed by atoms with Crippen molar-refractivity contribution < 1.29 is 0 Å². The van der Waals surface area contributed by atoms with Gasteiger partial charge in [0.2, 0.25) is 0 Å². The Kier molecular flexibility index (Phi) is 4.72. The van der Waals surface area contributed by atoms with Crippen molar-refractivity contribution >= 4 is 15.9 Å². The van der Waals surface area contributed by atoms with E-state index in [1.807, 2.05) is 0 Å². The molecule has 0 amide bonds. The molecule has 0 aromatic rings. The van der Waals surface area contributed by atoms with Crippen LogP contribution in [0.2, 0.25) is 0 Å². The van der Waals surface area contributed by atoms with Crippen molar-refractivity contribution in [2.24, 2.45) is 5.41 Å². The fourth-order valence-corrected chi connectivity index (χ4v) is 4.40. The molecular weight excluding hydrogens is 262 g/mol. The zero-order valence-electron chi connectivity index (χ0n) is 10.7. The Morgan fingerprint density at radius 2 is 1.75 bits per heavy atom. The van der Waals surface area contributed by atoms with E-state index in [-0.39, 0.29) is 0 Å². The summed E-state index contributed by atoms with van der Waals surface area (Å²) in [5.41, 5.74) is 0.610. The van der Waals surface area contributed by atoms with E-state index in [2.05, 4.69) is 27.8 Å². The van der Waals surface area contributed by atoms with Crippen LogP contribution in [0, 0.1) is 5.41 Å². The van der Waals surface area contributed by atoms with Crippen LogP contribution >= 0.6 is 15.9 Å². The molecule has 0 saturated heterocycles. The molecule has 94 valence electrons. The fraction of sp³-hybridized carbons (Fsp3) is 1.00. The summed E-state index contributed by atoms with van der Waals surface area (Å²) in [6, 6.07) is 0.904. The average Bonchev–Trinajstić information content (AvgIpc) is 2.98. The van der Waals surface area contributed by atoms with Crippen molar-refractivity contribution in [2.45, 2.75) is 64.3 Å². The second-order valence-electron chi connectivity index (χ2n) is 5.84. The van der Waals surface area contributed by atoms with Gasteiger partial charge in [0.1, 0.15) is 0 Å². The van der Waals surface area contributed by atoms with Crippen LogP contribution in [-0.4, -0.2) is 29.4 Å². The second kappa shape index (κ2) is 5.86. The van der Waals surface area contributed by atoms with Crippen LogP contribution in [0.1, 0.15) is 58.3 Å². The van der Waals surface area contributed by atoms with Crippen LogP contribution in [0.4, 0.5) is 0 Å². The third kappa shape index (κ3) is 2.81. The Hall–Kier alpha value is 0.440. The Balaban J connectivity index is 1.93. The van der Waals surface area contributed by atoms with Gasteiger partial charge in [0.25, 0.3) is 0 Å². The van der Waals surface area contributed by atoms with Gasteiger partial charge < -0.3 is 4.90 Å². The predicted octanol–water partition coefficient (Wildman–Crippen LogP) is 4.21. The van der Waals surface area contributed by atoms with Gasteiger partial charge in [0, 0.05) is 17.9 Å². The van der Waals surface area contributed by atoms with Crippen molar-refractivity contribution in [3.05, 3.63) is 0 Å². The molecule has 0 aromatic heterocycles. The standard InChI is InChI=1S/C14H26BrN/c1-2-16(13-7-3-4-8-13)12-14(11-15)9-5-6-10-14/h13H,2-12H2,1H3. The summed E-state index contributed by atoms with van der Waals surface area (Å²) in [6.45, 7) is 4.94. The molecule has 2 saturated carbocycles. The molecule has 2 aliphatic carbocycles. The monoisotopic (exact) mass is 287 g/mol. The molecule has 0 N–H and O–H groups in total. The third-order valence-corrected chi connectivity index (χ3v) is 5.92. The van der Waals surface area contributed by atoms with E-state index in [1.54, 1.807) is 0 Å². The smallest absolute Gasteiger partial charge is 0.0100 e. The Labute approximate surface area is 109 Å². The Morgan fingerprint density at radius 1 is 1.12 bits per heavy atom. The second-order valence-corrected chi connectivity index (χ2v) is 6.40. The highest BCUT2D eigenvalue weighted by Gasteiger charge is 2.36. The zero-order chi connectivity index (χ0) is 11.4. The molecule has 0 spiro atoms. The molecule has 0 unspecified atom stereocenters. The van der Waals surface area contributed by atoms with Crippen LogP contribution in [-0.2, 0) is 0 Å². The van der Waals surface area contributed by atoms with Gasteiger partial charge in [-0.3, -0.25) is 0 Å². The van der Waals surface area contributed by atoms with Crippen molar-refractivity contribution in [3.63, 3.8) is 0 Å². The maximum atomic E-state index is 3.77. The summed E-state index contributed by atoms with van der Waals surface area (Å²) < 4.78 is 0. The van der Waals surface area contributed by atoms with Crippen LogP contribution < -0.4 is 0 Å². The van der Waals surface area contributed by atoms with Gasteiger partial charge in [0.05, 0.1) is 0 Å². The first-order chi connectivity index (χ1) is 7.79. The minimum absolute atomic E-state index is 0.610. The maximum absolute atomic E-state index is 3.77. The number of hydrogen-bond acceptors (Lipinski definition) is 1. The minimum Gasteiger partial charge on any atom is -0.300 e. The van der Waals surface area contributed by atoms with Crippen molar-refractivity contribution in [1.82, 2.24) is 4.90 Å². The minimum atomic E-state index is 0.610. The van der Waals surface area contributed by atoms with E-state index >= 15 is 0 Å². The molecule has 2 fully saturated rings. The van der Waals surface area contributed by atoms with Gasteiger partial charge >= 0.3 is 0 Å². The number of halogens is 1. The molecule has 2 rings (SSSR count). The zero-order valence-corrected chi connectivity index (χ0v) is 12.3. The summed E-state index contributed by atoms with van der Waals surface area (Å²) in [6.07, 6.45) is 11.6. The number of rotatable bonds is 5. The molecule has 0 bridgehead atoms. The first-order valence-corrected chi connectivity index (χ1v) is 8.22. The summed E-state index contributed by atoms with van der Waals surface area (Å²) >= 11 is 3.77. The molecule has 2 aliphatic rings.